The first-order chi connectivity index (χ1) is 6.57. The van der Waals surface area contributed by atoms with Crippen LogP contribution in [0.15, 0.2) is 0 Å². The van der Waals surface area contributed by atoms with Gasteiger partial charge in [-0.25, -0.2) is 0 Å². The molecule has 0 amide bonds. The molecule has 0 aliphatic carbocycles. The summed E-state index contributed by atoms with van der Waals surface area (Å²) in [6, 6.07) is 0.195. The number of carboxylic acids is 1. The lowest BCUT2D eigenvalue weighted by molar-refractivity contribution is -0.143. The molecule has 0 bridgehead atoms. The first kappa shape index (κ1) is 11.5. The van der Waals surface area contributed by atoms with Crippen LogP contribution in [-0.4, -0.2) is 34.6 Å². The molecule has 1 fully saturated rings. The number of hydrogen-bond acceptors (Lipinski definition) is 2. The maximum atomic E-state index is 11.0. The van der Waals surface area contributed by atoms with Crippen LogP contribution in [0.1, 0.15) is 40.0 Å². The van der Waals surface area contributed by atoms with E-state index in [9.17, 15) is 4.79 Å². The molecule has 0 spiro atoms. The number of carboxylic acid groups (broad SMARTS) is 1. The quantitative estimate of drug-likeness (QED) is 0.752. The Hall–Kier alpha value is -0.570. The Morgan fingerprint density at radius 3 is 2.64 bits per heavy atom. The lowest BCUT2D eigenvalue weighted by Gasteiger charge is -2.33. The average molecular weight is 199 g/mol. The van der Waals surface area contributed by atoms with Gasteiger partial charge in [-0.2, -0.15) is 0 Å². The molecule has 0 radical (unpaired) electrons. The van der Waals surface area contributed by atoms with E-state index in [1.165, 1.54) is 0 Å². The smallest absolute Gasteiger partial charge is 0.320 e. The Morgan fingerprint density at radius 1 is 1.57 bits per heavy atom. The SMILES string of the molecule is CCC(C(C)C)N1CCCC1C(=O)O. The highest BCUT2D eigenvalue weighted by molar-refractivity contribution is 5.73. The lowest BCUT2D eigenvalue weighted by atomic mass is 9.99. The van der Waals surface area contributed by atoms with Crippen LogP contribution in [0.4, 0.5) is 0 Å². The molecular weight excluding hydrogens is 178 g/mol. The van der Waals surface area contributed by atoms with Crippen molar-refractivity contribution < 1.29 is 9.90 Å². The minimum Gasteiger partial charge on any atom is -0.480 e. The molecule has 0 saturated carbocycles. The third-order valence-electron chi connectivity index (χ3n) is 3.19. The van der Waals surface area contributed by atoms with Crippen LogP contribution < -0.4 is 0 Å². The summed E-state index contributed by atoms with van der Waals surface area (Å²) in [5.41, 5.74) is 0. The Bertz CT molecular complexity index is 203. The molecule has 1 rings (SSSR count). The van der Waals surface area contributed by atoms with Gasteiger partial charge in [-0.1, -0.05) is 20.8 Å². The average Bonchev–Trinajstić information content (AvgIpc) is 2.53. The van der Waals surface area contributed by atoms with Gasteiger partial charge in [0.25, 0.3) is 0 Å². The van der Waals surface area contributed by atoms with Gasteiger partial charge in [-0.15, -0.1) is 0 Å². The summed E-state index contributed by atoms with van der Waals surface area (Å²) in [6.45, 7) is 7.44. The van der Waals surface area contributed by atoms with Gasteiger partial charge in [0.1, 0.15) is 6.04 Å². The number of nitrogens with zero attached hydrogens (tertiary/aromatic N) is 1. The van der Waals surface area contributed by atoms with Crippen molar-refractivity contribution in [2.24, 2.45) is 5.92 Å². The van der Waals surface area contributed by atoms with Crippen molar-refractivity contribution in [3.63, 3.8) is 0 Å². The van der Waals surface area contributed by atoms with Crippen LogP contribution in [0.25, 0.3) is 0 Å². The number of rotatable bonds is 4. The number of likely N-dealkylation sites (tertiary alicyclic amines) is 1. The van der Waals surface area contributed by atoms with Gasteiger partial charge in [-0.3, -0.25) is 9.69 Å². The fourth-order valence-electron chi connectivity index (χ4n) is 2.54. The van der Waals surface area contributed by atoms with Crippen LogP contribution >= 0.6 is 0 Å². The molecule has 1 saturated heterocycles. The van der Waals surface area contributed by atoms with Crippen molar-refractivity contribution in [2.75, 3.05) is 6.54 Å². The molecule has 3 heteroatoms. The Labute approximate surface area is 86.1 Å². The molecule has 0 aromatic rings. The van der Waals surface area contributed by atoms with Crippen LogP contribution in [-0.2, 0) is 4.79 Å². The molecular formula is C11H21NO2. The molecule has 1 aliphatic rings. The van der Waals surface area contributed by atoms with E-state index in [0.29, 0.717) is 12.0 Å². The van der Waals surface area contributed by atoms with E-state index in [1.807, 2.05) is 0 Å². The molecule has 0 aromatic carbocycles. The van der Waals surface area contributed by atoms with E-state index in [4.69, 9.17) is 5.11 Å². The molecule has 1 heterocycles. The molecule has 2 unspecified atom stereocenters. The third kappa shape index (κ3) is 2.27. The van der Waals surface area contributed by atoms with Crippen LogP contribution in [0.2, 0.25) is 0 Å². The summed E-state index contributed by atoms with van der Waals surface area (Å²) in [6.07, 6.45) is 2.89. The zero-order chi connectivity index (χ0) is 10.7. The normalized spacial score (nSPS) is 25.6. The zero-order valence-electron chi connectivity index (χ0n) is 9.36. The highest BCUT2D eigenvalue weighted by Crippen LogP contribution is 2.25. The molecule has 82 valence electrons. The second-order valence-corrected chi connectivity index (χ2v) is 4.45. The van der Waals surface area contributed by atoms with Gasteiger partial charge in [-0.05, 0) is 31.7 Å². The van der Waals surface area contributed by atoms with Crippen molar-refractivity contribution in [1.29, 1.82) is 0 Å². The Kier molecular flexibility index (Phi) is 3.93. The molecule has 14 heavy (non-hydrogen) atoms. The molecule has 3 nitrogen and oxygen atoms in total. The number of carbonyl (C=O) groups is 1. The van der Waals surface area contributed by atoms with E-state index >= 15 is 0 Å². The van der Waals surface area contributed by atoms with Crippen molar-refractivity contribution >= 4 is 5.97 Å². The summed E-state index contributed by atoms with van der Waals surface area (Å²) in [5.74, 6) is -0.110. The Balaban J connectivity index is 2.69. The van der Waals surface area contributed by atoms with Gasteiger partial charge < -0.3 is 5.11 Å². The zero-order valence-corrected chi connectivity index (χ0v) is 9.36. The first-order valence-corrected chi connectivity index (χ1v) is 5.56. The fraction of sp³-hybridized carbons (Fsp3) is 0.909. The van der Waals surface area contributed by atoms with E-state index in [-0.39, 0.29) is 6.04 Å². The van der Waals surface area contributed by atoms with Gasteiger partial charge >= 0.3 is 5.97 Å². The van der Waals surface area contributed by atoms with E-state index in [2.05, 4.69) is 25.7 Å². The number of aliphatic carboxylic acids is 1. The van der Waals surface area contributed by atoms with Crippen LogP contribution in [0.3, 0.4) is 0 Å². The maximum absolute atomic E-state index is 11.0. The minimum atomic E-state index is -0.651. The van der Waals surface area contributed by atoms with Crippen molar-refractivity contribution in [3.05, 3.63) is 0 Å². The van der Waals surface area contributed by atoms with Crippen molar-refractivity contribution in [1.82, 2.24) is 4.90 Å². The Morgan fingerprint density at radius 2 is 2.21 bits per heavy atom. The highest BCUT2D eigenvalue weighted by Gasteiger charge is 2.35. The minimum absolute atomic E-state index is 0.234. The van der Waals surface area contributed by atoms with E-state index < -0.39 is 5.97 Å². The fourth-order valence-corrected chi connectivity index (χ4v) is 2.54. The van der Waals surface area contributed by atoms with E-state index in [1.54, 1.807) is 0 Å². The summed E-state index contributed by atoms with van der Waals surface area (Å²) < 4.78 is 0. The summed E-state index contributed by atoms with van der Waals surface area (Å²) in [4.78, 5) is 13.2. The third-order valence-corrected chi connectivity index (χ3v) is 3.19. The largest absolute Gasteiger partial charge is 0.480 e. The van der Waals surface area contributed by atoms with Gasteiger partial charge in [0.2, 0.25) is 0 Å². The maximum Gasteiger partial charge on any atom is 0.320 e. The van der Waals surface area contributed by atoms with Crippen molar-refractivity contribution in [3.8, 4) is 0 Å². The predicted molar refractivity (Wildman–Crippen MR) is 56.3 cm³/mol. The topological polar surface area (TPSA) is 40.5 Å². The molecule has 2 atom stereocenters. The van der Waals surface area contributed by atoms with E-state index in [0.717, 1.165) is 25.8 Å². The molecule has 1 aliphatic heterocycles. The van der Waals surface area contributed by atoms with Crippen molar-refractivity contribution in [2.45, 2.75) is 52.1 Å². The van der Waals surface area contributed by atoms with Gasteiger partial charge in [0.15, 0.2) is 0 Å². The summed E-state index contributed by atoms with van der Waals surface area (Å²) in [7, 11) is 0. The predicted octanol–water partition coefficient (Wildman–Crippen LogP) is 1.97. The summed E-state index contributed by atoms with van der Waals surface area (Å²) in [5, 5.41) is 9.07. The monoisotopic (exact) mass is 199 g/mol. The molecule has 0 aromatic heterocycles. The second kappa shape index (κ2) is 4.78. The summed E-state index contributed by atoms with van der Waals surface area (Å²) >= 11 is 0. The standard InChI is InChI=1S/C11H21NO2/c1-4-9(8(2)3)12-7-5-6-10(12)11(13)14/h8-10H,4-7H2,1-3H3,(H,13,14). The van der Waals surface area contributed by atoms with Crippen LogP contribution in [0, 0.1) is 5.92 Å². The first-order valence-electron chi connectivity index (χ1n) is 5.56. The lowest BCUT2D eigenvalue weighted by Crippen LogP contribution is -2.45. The number of hydrogen-bond donors (Lipinski definition) is 1. The van der Waals surface area contributed by atoms with Gasteiger partial charge in [0, 0.05) is 6.04 Å². The van der Waals surface area contributed by atoms with Crippen LogP contribution in [0.5, 0.6) is 0 Å². The molecule has 1 N–H and O–H groups in total. The highest BCUT2D eigenvalue weighted by atomic mass is 16.4. The van der Waals surface area contributed by atoms with Gasteiger partial charge in [0.05, 0.1) is 0 Å². The second-order valence-electron chi connectivity index (χ2n) is 4.45.